The summed E-state index contributed by atoms with van der Waals surface area (Å²) >= 11 is 0. The highest BCUT2D eigenvalue weighted by molar-refractivity contribution is 5.96. The summed E-state index contributed by atoms with van der Waals surface area (Å²) in [5.74, 6) is -1.08. The van der Waals surface area contributed by atoms with Crippen LogP contribution in [0.15, 0.2) is 48.5 Å². The number of hydrogen-bond acceptors (Lipinski definition) is 6. The molecule has 2 aromatic carbocycles. The summed E-state index contributed by atoms with van der Waals surface area (Å²) in [5.41, 5.74) is 1.30. The minimum absolute atomic E-state index is 0.0789. The Morgan fingerprint density at radius 1 is 1.00 bits per heavy atom. The van der Waals surface area contributed by atoms with Crippen LogP contribution in [-0.4, -0.2) is 49.0 Å². The number of nitrogens with one attached hydrogen (secondary N) is 1. The normalized spacial score (nSPS) is 9.90. The average Bonchev–Trinajstić information content (AvgIpc) is 2.77. The third-order valence-electron chi connectivity index (χ3n) is 4.18. The summed E-state index contributed by atoms with van der Waals surface area (Å²) < 4.78 is 10.1. The zero-order chi connectivity index (χ0) is 21.9. The molecule has 8 nitrogen and oxygen atoms in total. The number of carbonyl (C=O) groups excluding carboxylic acids is 3. The van der Waals surface area contributed by atoms with E-state index in [-0.39, 0.29) is 11.7 Å². The Hall–Kier alpha value is -3.86. The average molecular weight is 409 g/mol. The molecule has 156 valence electrons. The van der Waals surface area contributed by atoms with Crippen molar-refractivity contribution < 1.29 is 23.9 Å². The highest BCUT2D eigenvalue weighted by Crippen LogP contribution is 2.16. The van der Waals surface area contributed by atoms with Crippen molar-refractivity contribution in [1.29, 1.82) is 5.26 Å². The van der Waals surface area contributed by atoms with Crippen LogP contribution in [0.1, 0.15) is 29.8 Å². The Morgan fingerprint density at radius 2 is 1.67 bits per heavy atom. The largest absolute Gasteiger partial charge is 0.481 e. The summed E-state index contributed by atoms with van der Waals surface area (Å²) in [4.78, 5) is 37.7. The predicted molar refractivity (Wildman–Crippen MR) is 110 cm³/mol. The van der Waals surface area contributed by atoms with E-state index in [0.717, 1.165) is 0 Å². The number of ether oxygens (including phenoxy) is 2. The van der Waals surface area contributed by atoms with E-state index in [1.165, 1.54) is 0 Å². The number of hydrogen-bond donors (Lipinski definition) is 1. The molecule has 0 heterocycles. The maximum Gasteiger partial charge on any atom is 0.344 e. The summed E-state index contributed by atoms with van der Waals surface area (Å²) in [6.07, 6.45) is 0. The molecular weight excluding hydrogens is 386 g/mol. The summed E-state index contributed by atoms with van der Waals surface area (Å²) in [6, 6.07) is 14.9. The number of nitriles is 1. The number of carbonyl (C=O) groups is 3. The van der Waals surface area contributed by atoms with Crippen LogP contribution in [0.2, 0.25) is 0 Å². The zero-order valence-corrected chi connectivity index (χ0v) is 16.9. The topological polar surface area (TPSA) is 109 Å². The Morgan fingerprint density at radius 3 is 2.30 bits per heavy atom. The maximum absolute atomic E-state index is 12.3. The van der Waals surface area contributed by atoms with Gasteiger partial charge in [0.1, 0.15) is 11.8 Å². The molecule has 8 heteroatoms. The Balaban J connectivity index is 1.79. The van der Waals surface area contributed by atoms with Crippen LogP contribution in [-0.2, 0) is 14.3 Å². The van der Waals surface area contributed by atoms with Crippen LogP contribution in [0.25, 0.3) is 0 Å². The van der Waals surface area contributed by atoms with Crippen LogP contribution < -0.4 is 10.1 Å². The smallest absolute Gasteiger partial charge is 0.344 e. The predicted octanol–water partition coefficient (Wildman–Crippen LogP) is 2.60. The first-order valence-electron chi connectivity index (χ1n) is 9.45. The highest BCUT2D eigenvalue weighted by atomic mass is 16.6. The first-order chi connectivity index (χ1) is 14.5. The van der Waals surface area contributed by atoms with E-state index in [0.29, 0.717) is 29.9 Å². The maximum atomic E-state index is 12.3. The molecule has 0 spiro atoms. The van der Waals surface area contributed by atoms with Gasteiger partial charge in [-0.2, -0.15) is 5.26 Å². The van der Waals surface area contributed by atoms with Gasteiger partial charge >= 0.3 is 5.97 Å². The number of esters is 1. The molecule has 2 aromatic rings. The highest BCUT2D eigenvalue weighted by Gasteiger charge is 2.13. The summed E-state index contributed by atoms with van der Waals surface area (Å²) in [6.45, 7) is 4.14. The van der Waals surface area contributed by atoms with Gasteiger partial charge in [-0.1, -0.05) is 12.1 Å². The fraction of sp³-hybridized carbons (Fsp3) is 0.273. The molecule has 0 radical (unpaired) electrons. The Bertz CT molecular complexity index is 931. The lowest BCUT2D eigenvalue weighted by Gasteiger charge is -2.18. The van der Waals surface area contributed by atoms with E-state index in [4.69, 9.17) is 14.7 Å². The van der Waals surface area contributed by atoms with Gasteiger partial charge in [0.15, 0.2) is 13.2 Å². The van der Waals surface area contributed by atoms with E-state index in [9.17, 15) is 14.4 Å². The number of nitrogens with zero attached hydrogens (tertiary/aromatic N) is 2. The molecule has 1 N–H and O–H groups in total. The minimum atomic E-state index is -0.738. The lowest BCUT2D eigenvalue weighted by Crippen LogP contribution is -2.30. The van der Waals surface area contributed by atoms with Crippen molar-refractivity contribution in [3.63, 3.8) is 0 Å². The third kappa shape index (κ3) is 6.34. The second-order valence-corrected chi connectivity index (χ2v) is 6.16. The zero-order valence-electron chi connectivity index (χ0n) is 16.9. The summed E-state index contributed by atoms with van der Waals surface area (Å²) in [7, 11) is 0. The number of benzene rings is 2. The van der Waals surface area contributed by atoms with Gasteiger partial charge in [0.05, 0.1) is 5.56 Å². The molecule has 0 aliphatic rings. The number of anilines is 1. The van der Waals surface area contributed by atoms with Crippen LogP contribution in [0.5, 0.6) is 5.75 Å². The molecule has 0 fully saturated rings. The molecule has 2 rings (SSSR count). The van der Waals surface area contributed by atoms with Gasteiger partial charge in [0.2, 0.25) is 0 Å². The van der Waals surface area contributed by atoms with E-state index < -0.39 is 25.1 Å². The van der Waals surface area contributed by atoms with Gasteiger partial charge in [0, 0.05) is 24.3 Å². The van der Waals surface area contributed by atoms with Gasteiger partial charge < -0.3 is 19.7 Å². The third-order valence-corrected chi connectivity index (χ3v) is 4.18. The number of rotatable bonds is 9. The molecule has 30 heavy (non-hydrogen) atoms. The van der Waals surface area contributed by atoms with Gasteiger partial charge in [0.25, 0.3) is 11.8 Å². The molecule has 0 bridgehead atoms. The first-order valence-corrected chi connectivity index (χ1v) is 9.45. The number of para-hydroxylation sites is 1. The monoisotopic (exact) mass is 409 g/mol. The van der Waals surface area contributed by atoms with Crippen molar-refractivity contribution in [2.24, 2.45) is 0 Å². The minimum Gasteiger partial charge on any atom is -0.481 e. The Kier molecular flexibility index (Phi) is 8.39. The standard InChI is InChI=1S/C22H23N3O5/c1-3-25(4-2)22(28)16-9-11-18(12-10-16)24-20(26)14-30-21(27)15-29-19-8-6-5-7-17(19)13-23/h5-12H,3-4,14-15H2,1-2H3,(H,24,26). The van der Waals surface area contributed by atoms with Crippen LogP contribution in [0.3, 0.4) is 0 Å². The van der Waals surface area contributed by atoms with Crippen molar-refractivity contribution in [3.05, 3.63) is 59.7 Å². The van der Waals surface area contributed by atoms with Crippen molar-refractivity contribution in [1.82, 2.24) is 4.90 Å². The fourth-order valence-corrected chi connectivity index (χ4v) is 2.60. The molecule has 0 unspecified atom stereocenters. The Labute approximate surface area is 175 Å². The fourth-order valence-electron chi connectivity index (χ4n) is 2.60. The van der Waals surface area contributed by atoms with Gasteiger partial charge in [-0.25, -0.2) is 4.79 Å². The van der Waals surface area contributed by atoms with E-state index in [2.05, 4.69) is 5.32 Å². The van der Waals surface area contributed by atoms with Crippen LogP contribution in [0, 0.1) is 11.3 Å². The molecule has 0 aliphatic heterocycles. The van der Waals surface area contributed by atoms with E-state index in [1.54, 1.807) is 53.4 Å². The van der Waals surface area contributed by atoms with Crippen LogP contribution >= 0.6 is 0 Å². The lowest BCUT2D eigenvalue weighted by molar-refractivity contribution is -0.149. The van der Waals surface area contributed by atoms with Crippen molar-refractivity contribution >= 4 is 23.5 Å². The van der Waals surface area contributed by atoms with Gasteiger partial charge in [-0.05, 0) is 50.2 Å². The quantitative estimate of drug-likeness (QED) is 0.638. The molecule has 0 aromatic heterocycles. The second kappa shape index (κ2) is 11.2. The molecule has 0 aliphatic carbocycles. The summed E-state index contributed by atoms with van der Waals surface area (Å²) in [5, 5.41) is 11.6. The van der Waals surface area contributed by atoms with Crippen molar-refractivity contribution in [2.75, 3.05) is 31.6 Å². The molecule has 0 atom stereocenters. The van der Waals surface area contributed by atoms with Gasteiger partial charge in [-0.15, -0.1) is 0 Å². The number of amides is 2. The van der Waals surface area contributed by atoms with Crippen molar-refractivity contribution in [2.45, 2.75) is 13.8 Å². The second-order valence-electron chi connectivity index (χ2n) is 6.16. The van der Waals surface area contributed by atoms with Crippen LogP contribution in [0.4, 0.5) is 5.69 Å². The molecule has 0 saturated heterocycles. The SMILES string of the molecule is CCN(CC)C(=O)c1ccc(NC(=O)COC(=O)COc2ccccc2C#N)cc1. The molecule has 0 saturated carbocycles. The van der Waals surface area contributed by atoms with Crippen molar-refractivity contribution in [3.8, 4) is 11.8 Å². The lowest BCUT2D eigenvalue weighted by atomic mass is 10.2. The first kappa shape index (κ1) is 22.4. The molecule has 2 amide bonds. The van der Waals surface area contributed by atoms with Gasteiger partial charge in [-0.3, -0.25) is 9.59 Å². The molecular formula is C22H23N3O5. The van der Waals surface area contributed by atoms with E-state index in [1.807, 2.05) is 19.9 Å². The van der Waals surface area contributed by atoms with E-state index >= 15 is 0 Å².